The molecule has 0 aromatic carbocycles. The van der Waals surface area contributed by atoms with Gasteiger partial charge in [-0.05, 0) is 47.0 Å². The van der Waals surface area contributed by atoms with Gasteiger partial charge in [0, 0.05) is 25.2 Å². The van der Waals surface area contributed by atoms with Crippen LogP contribution >= 0.6 is 0 Å². The van der Waals surface area contributed by atoms with Crippen LogP contribution in [0.1, 0.15) is 34.6 Å². The third-order valence-corrected chi connectivity index (χ3v) is 3.12. The van der Waals surface area contributed by atoms with E-state index in [2.05, 4.69) is 63.8 Å². The highest BCUT2D eigenvalue weighted by Crippen LogP contribution is 2.06. The van der Waals surface area contributed by atoms with E-state index in [1.807, 2.05) is 0 Å². The molecule has 0 spiro atoms. The van der Waals surface area contributed by atoms with E-state index < -0.39 is 0 Å². The minimum atomic E-state index is 0.605. The molecule has 0 aliphatic carbocycles. The van der Waals surface area contributed by atoms with Gasteiger partial charge >= 0.3 is 0 Å². The lowest BCUT2D eigenvalue weighted by molar-refractivity contribution is 0.134. The summed E-state index contributed by atoms with van der Waals surface area (Å²) in [6.07, 6.45) is 0. The van der Waals surface area contributed by atoms with Crippen molar-refractivity contribution < 1.29 is 0 Å². The molecule has 0 bridgehead atoms. The van der Waals surface area contributed by atoms with Gasteiger partial charge in [-0.3, -0.25) is 4.90 Å². The summed E-state index contributed by atoms with van der Waals surface area (Å²) in [6, 6.07) is 1.22. The molecule has 0 saturated heterocycles. The smallest absolute Gasteiger partial charge is 0.0197 e. The average Bonchev–Trinajstić information content (AvgIpc) is 2.16. The highest BCUT2D eigenvalue weighted by atomic mass is 15.2. The predicted octanol–water partition coefficient (Wildman–Crippen LogP) is 1.89. The first-order valence-corrected chi connectivity index (χ1v) is 6.99. The molecule has 0 rings (SSSR count). The van der Waals surface area contributed by atoms with Crippen LogP contribution in [0.3, 0.4) is 0 Å². The SMILES string of the molecule is CCN(C(C)CNCC(C)C)C(C)CN(C)C. The molecule has 17 heavy (non-hydrogen) atoms. The highest BCUT2D eigenvalue weighted by Gasteiger charge is 2.18. The fraction of sp³-hybridized carbons (Fsp3) is 1.00. The molecule has 0 aliphatic rings. The van der Waals surface area contributed by atoms with Crippen LogP contribution in [0.25, 0.3) is 0 Å². The van der Waals surface area contributed by atoms with E-state index in [-0.39, 0.29) is 0 Å². The molecule has 2 unspecified atom stereocenters. The van der Waals surface area contributed by atoms with Crippen LogP contribution in [0, 0.1) is 5.92 Å². The Hall–Kier alpha value is -0.120. The van der Waals surface area contributed by atoms with Crippen molar-refractivity contribution in [2.75, 3.05) is 40.3 Å². The summed E-state index contributed by atoms with van der Waals surface area (Å²) in [5, 5.41) is 3.55. The fourth-order valence-electron chi connectivity index (χ4n) is 2.39. The minimum absolute atomic E-state index is 0.605. The summed E-state index contributed by atoms with van der Waals surface area (Å²) in [5.74, 6) is 0.733. The van der Waals surface area contributed by atoms with E-state index in [9.17, 15) is 0 Å². The molecule has 0 aliphatic heterocycles. The molecule has 2 atom stereocenters. The molecule has 0 radical (unpaired) electrons. The zero-order chi connectivity index (χ0) is 13.4. The van der Waals surface area contributed by atoms with Crippen LogP contribution in [0.15, 0.2) is 0 Å². The summed E-state index contributed by atoms with van der Waals surface area (Å²) < 4.78 is 0. The van der Waals surface area contributed by atoms with Crippen LogP contribution in [-0.4, -0.2) is 62.2 Å². The third-order valence-electron chi connectivity index (χ3n) is 3.12. The van der Waals surface area contributed by atoms with Gasteiger partial charge in [-0.2, -0.15) is 0 Å². The molecule has 0 aromatic rings. The molecule has 3 heteroatoms. The first-order valence-electron chi connectivity index (χ1n) is 6.99. The van der Waals surface area contributed by atoms with E-state index in [0.717, 1.165) is 32.1 Å². The first kappa shape index (κ1) is 16.9. The van der Waals surface area contributed by atoms with Crippen molar-refractivity contribution in [3.05, 3.63) is 0 Å². The molecular weight excluding hydrogens is 210 g/mol. The summed E-state index contributed by atoms with van der Waals surface area (Å²) in [4.78, 5) is 4.84. The van der Waals surface area contributed by atoms with Crippen molar-refractivity contribution in [2.24, 2.45) is 5.92 Å². The second kappa shape index (κ2) is 8.90. The maximum absolute atomic E-state index is 3.55. The lowest BCUT2D eigenvalue weighted by Crippen LogP contribution is -2.48. The van der Waals surface area contributed by atoms with Gasteiger partial charge < -0.3 is 10.2 Å². The Bertz CT molecular complexity index is 180. The molecule has 1 N–H and O–H groups in total. The Labute approximate surface area is 109 Å². The lowest BCUT2D eigenvalue weighted by Gasteiger charge is -2.35. The van der Waals surface area contributed by atoms with E-state index in [0.29, 0.717) is 12.1 Å². The molecule has 0 amide bonds. The van der Waals surface area contributed by atoms with Gasteiger partial charge in [0.25, 0.3) is 0 Å². The van der Waals surface area contributed by atoms with Gasteiger partial charge in [-0.15, -0.1) is 0 Å². The van der Waals surface area contributed by atoms with Crippen LogP contribution in [0.2, 0.25) is 0 Å². The zero-order valence-corrected chi connectivity index (χ0v) is 13.0. The summed E-state index contributed by atoms with van der Waals surface area (Å²) in [6.45, 7) is 15.9. The van der Waals surface area contributed by atoms with Gasteiger partial charge in [0.05, 0.1) is 0 Å². The van der Waals surface area contributed by atoms with E-state index >= 15 is 0 Å². The molecule has 0 heterocycles. The van der Waals surface area contributed by atoms with Gasteiger partial charge in [-0.25, -0.2) is 0 Å². The Morgan fingerprint density at radius 1 is 0.941 bits per heavy atom. The van der Waals surface area contributed by atoms with Crippen LogP contribution < -0.4 is 5.32 Å². The molecule has 0 saturated carbocycles. The Balaban J connectivity index is 4.06. The zero-order valence-electron chi connectivity index (χ0n) is 13.0. The fourth-order valence-corrected chi connectivity index (χ4v) is 2.39. The van der Waals surface area contributed by atoms with Gasteiger partial charge in [0.15, 0.2) is 0 Å². The normalized spacial score (nSPS) is 15.9. The van der Waals surface area contributed by atoms with Crippen molar-refractivity contribution in [1.29, 1.82) is 0 Å². The maximum Gasteiger partial charge on any atom is 0.0197 e. The van der Waals surface area contributed by atoms with Crippen molar-refractivity contribution in [2.45, 2.75) is 46.7 Å². The lowest BCUT2D eigenvalue weighted by atomic mass is 10.1. The van der Waals surface area contributed by atoms with Crippen molar-refractivity contribution in [3.8, 4) is 0 Å². The topological polar surface area (TPSA) is 18.5 Å². The first-order chi connectivity index (χ1) is 7.88. The quantitative estimate of drug-likeness (QED) is 0.667. The third kappa shape index (κ3) is 7.74. The summed E-state index contributed by atoms with van der Waals surface area (Å²) in [7, 11) is 4.29. The van der Waals surface area contributed by atoms with Gasteiger partial charge in [0.1, 0.15) is 0 Å². The van der Waals surface area contributed by atoms with Crippen LogP contribution in [0.5, 0.6) is 0 Å². The Morgan fingerprint density at radius 2 is 1.53 bits per heavy atom. The second-order valence-corrected chi connectivity index (χ2v) is 5.84. The predicted molar refractivity (Wildman–Crippen MR) is 77.6 cm³/mol. The number of hydrogen-bond acceptors (Lipinski definition) is 3. The van der Waals surface area contributed by atoms with E-state index in [1.54, 1.807) is 0 Å². The summed E-state index contributed by atoms with van der Waals surface area (Å²) in [5.41, 5.74) is 0. The van der Waals surface area contributed by atoms with E-state index in [4.69, 9.17) is 0 Å². The van der Waals surface area contributed by atoms with Crippen LogP contribution in [-0.2, 0) is 0 Å². The van der Waals surface area contributed by atoms with Gasteiger partial charge in [0.2, 0.25) is 0 Å². The average molecular weight is 243 g/mol. The largest absolute Gasteiger partial charge is 0.315 e. The number of hydrogen-bond donors (Lipinski definition) is 1. The number of nitrogens with zero attached hydrogens (tertiary/aromatic N) is 2. The minimum Gasteiger partial charge on any atom is -0.315 e. The van der Waals surface area contributed by atoms with Crippen molar-refractivity contribution in [3.63, 3.8) is 0 Å². The van der Waals surface area contributed by atoms with Crippen molar-refractivity contribution in [1.82, 2.24) is 15.1 Å². The van der Waals surface area contributed by atoms with Crippen molar-refractivity contribution >= 4 is 0 Å². The highest BCUT2D eigenvalue weighted by molar-refractivity contribution is 4.76. The number of nitrogens with one attached hydrogen (secondary N) is 1. The van der Waals surface area contributed by atoms with Crippen LogP contribution in [0.4, 0.5) is 0 Å². The maximum atomic E-state index is 3.55. The molecule has 0 fully saturated rings. The van der Waals surface area contributed by atoms with Gasteiger partial charge in [-0.1, -0.05) is 20.8 Å². The van der Waals surface area contributed by atoms with E-state index in [1.165, 1.54) is 0 Å². The Morgan fingerprint density at radius 3 is 1.94 bits per heavy atom. The monoisotopic (exact) mass is 243 g/mol. The summed E-state index contributed by atoms with van der Waals surface area (Å²) >= 11 is 0. The standard InChI is InChI=1S/C14H33N3/c1-8-17(14(5)11-16(6)7)13(4)10-15-9-12(2)3/h12-15H,8-11H2,1-7H3. The number of rotatable bonds is 9. The molecule has 0 aromatic heterocycles. The number of likely N-dealkylation sites (N-methyl/N-ethyl adjacent to an activating group) is 2. The second-order valence-electron chi connectivity index (χ2n) is 5.84. The molecule has 104 valence electrons. The Kier molecular flexibility index (Phi) is 8.83. The molecular formula is C14H33N3. The molecule has 3 nitrogen and oxygen atoms in total.